The van der Waals surface area contributed by atoms with Gasteiger partial charge in [-0.25, -0.2) is 4.79 Å². The Balaban J connectivity index is 2.52. The van der Waals surface area contributed by atoms with Gasteiger partial charge in [-0.2, -0.15) is 5.26 Å². The highest BCUT2D eigenvalue weighted by Gasteiger charge is 2.19. The Morgan fingerprint density at radius 3 is 2.63 bits per heavy atom. The number of carboxylic acids is 1. The summed E-state index contributed by atoms with van der Waals surface area (Å²) in [5.41, 5.74) is 0.373. The van der Waals surface area contributed by atoms with E-state index in [9.17, 15) is 9.59 Å². The van der Waals surface area contributed by atoms with E-state index >= 15 is 0 Å². The van der Waals surface area contributed by atoms with Gasteiger partial charge in [0, 0.05) is 24.4 Å². The molecule has 0 spiro atoms. The van der Waals surface area contributed by atoms with Gasteiger partial charge in [-0.15, -0.1) is 0 Å². The first-order valence-corrected chi connectivity index (χ1v) is 5.96. The second kappa shape index (κ2) is 7.82. The molecule has 1 amide bonds. The average molecular weight is 261 g/mol. The minimum absolute atomic E-state index is 0.313. The standard InChI is InChI=1S/C13H15N3O3/c14-7-3-1-2-4-11(13(18)19)16-12(17)10-5-8-15-9-6-10/h5-6,8-9,11H,1-4H2,(H,16,17)(H,18,19)/t11-/m0/s1. The summed E-state index contributed by atoms with van der Waals surface area (Å²) in [4.78, 5) is 26.6. The van der Waals surface area contributed by atoms with Crippen LogP contribution in [0.25, 0.3) is 0 Å². The number of aromatic nitrogens is 1. The van der Waals surface area contributed by atoms with E-state index in [0.29, 0.717) is 31.2 Å². The van der Waals surface area contributed by atoms with Crippen molar-refractivity contribution in [1.29, 1.82) is 5.26 Å². The first kappa shape index (κ1) is 14.6. The zero-order valence-corrected chi connectivity index (χ0v) is 10.4. The van der Waals surface area contributed by atoms with Crippen molar-refractivity contribution in [1.82, 2.24) is 10.3 Å². The van der Waals surface area contributed by atoms with E-state index in [4.69, 9.17) is 10.4 Å². The average Bonchev–Trinajstić information content (AvgIpc) is 2.42. The van der Waals surface area contributed by atoms with Crippen LogP contribution in [-0.4, -0.2) is 28.0 Å². The molecule has 0 aliphatic heterocycles. The van der Waals surface area contributed by atoms with Crippen molar-refractivity contribution < 1.29 is 14.7 Å². The van der Waals surface area contributed by atoms with Gasteiger partial charge >= 0.3 is 5.97 Å². The van der Waals surface area contributed by atoms with Gasteiger partial charge in [0.2, 0.25) is 0 Å². The van der Waals surface area contributed by atoms with Gasteiger partial charge in [0.05, 0.1) is 6.07 Å². The number of pyridine rings is 1. The van der Waals surface area contributed by atoms with Crippen LogP contribution < -0.4 is 5.32 Å². The lowest BCUT2D eigenvalue weighted by Crippen LogP contribution is -2.40. The number of carboxylic acid groups (broad SMARTS) is 1. The maximum absolute atomic E-state index is 11.8. The maximum Gasteiger partial charge on any atom is 0.326 e. The minimum atomic E-state index is -1.07. The second-order valence-electron chi connectivity index (χ2n) is 4.00. The number of rotatable bonds is 7. The number of nitriles is 1. The quantitative estimate of drug-likeness (QED) is 0.721. The Labute approximate surface area is 111 Å². The molecule has 1 atom stereocenters. The molecule has 0 saturated carbocycles. The molecular weight excluding hydrogens is 246 g/mol. The van der Waals surface area contributed by atoms with Crippen LogP contribution in [0.4, 0.5) is 0 Å². The lowest BCUT2D eigenvalue weighted by Gasteiger charge is -2.14. The molecule has 1 heterocycles. The summed E-state index contributed by atoms with van der Waals surface area (Å²) in [6.07, 6.45) is 4.86. The van der Waals surface area contributed by atoms with Gasteiger partial charge in [-0.05, 0) is 31.4 Å². The largest absolute Gasteiger partial charge is 0.480 e. The number of amides is 1. The monoisotopic (exact) mass is 261 g/mol. The van der Waals surface area contributed by atoms with Crippen LogP contribution in [0.3, 0.4) is 0 Å². The molecule has 0 aliphatic rings. The van der Waals surface area contributed by atoms with E-state index < -0.39 is 17.9 Å². The Kier molecular flexibility index (Phi) is 6.03. The molecule has 100 valence electrons. The number of carbonyl (C=O) groups is 2. The summed E-state index contributed by atoms with van der Waals surface area (Å²) >= 11 is 0. The first-order chi connectivity index (χ1) is 9.15. The number of carbonyl (C=O) groups excluding carboxylic acids is 1. The molecule has 6 nitrogen and oxygen atoms in total. The van der Waals surface area contributed by atoms with Gasteiger partial charge in [0.1, 0.15) is 6.04 Å². The Morgan fingerprint density at radius 1 is 1.37 bits per heavy atom. The summed E-state index contributed by atoms with van der Waals surface area (Å²) in [5, 5.41) is 19.9. The fourth-order valence-electron chi connectivity index (χ4n) is 1.55. The number of nitrogens with one attached hydrogen (secondary N) is 1. The van der Waals surface area contributed by atoms with Gasteiger partial charge < -0.3 is 10.4 Å². The van der Waals surface area contributed by atoms with Crippen molar-refractivity contribution in [2.24, 2.45) is 0 Å². The molecule has 1 rings (SSSR count). The van der Waals surface area contributed by atoms with Crippen LogP contribution in [0.2, 0.25) is 0 Å². The number of aliphatic carboxylic acids is 1. The van der Waals surface area contributed by atoms with Gasteiger partial charge in [-0.1, -0.05) is 0 Å². The van der Waals surface area contributed by atoms with Crippen LogP contribution in [0.1, 0.15) is 36.0 Å². The Hall–Kier alpha value is -2.42. The summed E-state index contributed by atoms with van der Waals surface area (Å²) in [6, 6.07) is 4.10. The van der Waals surface area contributed by atoms with E-state index in [1.807, 2.05) is 6.07 Å². The summed E-state index contributed by atoms with van der Waals surface area (Å²) in [5.74, 6) is -1.51. The van der Waals surface area contributed by atoms with Crippen LogP contribution >= 0.6 is 0 Å². The highest BCUT2D eigenvalue weighted by molar-refractivity contribution is 5.96. The molecule has 0 aliphatic carbocycles. The molecule has 0 fully saturated rings. The highest BCUT2D eigenvalue weighted by Crippen LogP contribution is 2.05. The number of nitrogens with zero attached hydrogens (tertiary/aromatic N) is 2. The molecular formula is C13H15N3O3. The van der Waals surface area contributed by atoms with Crippen molar-refractivity contribution in [3.8, 4) is 6.07 Å². The molecule has 19 heavy (non-hydrogen) atoms. The van der Waals surface area contributed by atoms with Crippen LogP contribution in [0.15, 0.2) is 24.5 Å². The Morgan fingerprint density at radius 2 is 2.05 bits per heavy atom. The van der Waals surface area contributed by atoms with Crippen molar-refractivity contribution >= 4 is 11.9 Å². The lowest BCUT2D eigenvalue weighted by atomic mass is 10.1. The van der Waals surface area contributed by atoms with Crippen molar-refractivity contribution in [2.75, 3.05) is 0 Å². The molecule has 2 N–H and O–H groups in total. The minimum Gasteiger partial charge on any atom is -0.480 e. The molecule has 0 bridgehead atoms. The molecule has 0 saturated heterocycles. The topological polar surface area (TPSA) is 103 Å². The van der Waals surface area contributed by atoms with E-state index in [2.05, 4.69) is 10.3 Å². The molecule has 0 aromatic carbocycles. The van der Waals surface area contributed by atoms with Gasteiger partial charge in [0.15, 0.2) is 0 Å². The number of unbranched alkanes of at least 4 members (excludes halogenated alkanes) is 2. The fraction of sp³-hybridized carbons (Fsp3) is 0.385. The normalized spacial score (nSPS) is 11.3. The molecule has 0 unspecified atom stereocenters. The SMILES string of the molecule is N#CCCCC[C@H](NC(=O)c1ccncc1)C(=O)O. The number of hydrogen-bond acceptors (Lipinski definition) is 4. The van der Waals surface area contributed by atoms with Gasteiger partial charge in [0.25, 0.3) is 5.91 Å². The fourth-order valence-corrected chi connectivity index (χ4v) is 1.55. The van der Waals surface area contributed by atoms with Crippen molar-refractivity contribution in [2.45, 2.75) is 31.7 Å². The highest BCUT2D eigenvalue weighted by atomic mass is 16.4. The van der Waals surface area contributed by atoms with Crippen LogP contribution in [-0.2, 0) is 4.79 Å². The van der Waals surface area contributed by atoms with E-state index in [1.54, 1.807) is 0 Å². The predicted molar refractivity (Wildman–Crippen MR) is 67.2 cm³/mol. The molecule has 1 aromatic rings. The van der Waals surface area contributed by atoms with E-state index in [0.717, 1.165) is 0 Å². The van der Waals surface area contributed by atoms with Crippen molar-refractivity contribution in [3.63, 3.8) is 0 Å². The lowest BCUT2D eigenvalue weighted by molar-refractivity contribution is -0.139. The predicted octanol–water partition coefficient (Wildman–Crippen LogP) is 1.35. The Bertz CT molecular complexity index is 468. The first-order valence-electron chi connectivity index (χ1n) is 5.96. The molecule has 0 radical (unpaired) electrons. The summed E-state index contributed by atoms with van der Waals surface area (Å²) in [7, 11) is 0. The third kappa shape index (κ3) is 5.17. The zero-order valence-electron chi connectivity index (χ0n) is 10.4. The molecule has 1 aromatic heterocycles. The van der Waals surface area contributed by atoms with Crippen LogP contribution in [0, 0.1) is 11.3 Å². The maximum atomic E-state index is 11.8. The number of hydrogen-bond donors (Lipinski definition) is 2. The third-order valence-electron chi connectivity index (χ3n) is 2.58. The smallest absolute Gasteiger partial charge is 0.326 e. The summed E-state index contributed by atoms with van der Waals surface area (Å²) < 4.78 is 0. The van der Waals surface area contributed by atoms with Crippen molar-refractivity contribution in [3.05, 3.63) is 30.1 Å². The second-order valence-corrected chi connectivity index (χ2v) is 4.00. The third-order valence-corrected chi connectivity index (χ3v) is 2.58. The van der Waals surface area contributed by atoms with E-state index in [-0.39, 0.29) is 0 Å². The zero-order chi connectivity index (χ0) is 14.1. The molecule has 6 heteroatoms. The van der Waals surface area contributed by atoms with Crippen LogP contribution in [0.5, 0.6) is 0 Å². The van der Waals surface area contributed by atoms with E-state index in [1.165, 1.54) is 24.5 Å². The summed E-state index contributed by atoms with van der Waals surface area (Å²) in [6.45, 7) is 0. The van der Waals surface area contributed by atoms with Gasteiger partial charge in [-0.3, -0.25) is 9.78 Å².